The summed E-state index contributed by atoms with van der Waals surface area (Å²) >= 11 is 0. The van der Waals surface area contributed by atoms with Crippen molar-refractivity contribution in [3.8, 4) is 5.75 Å². The second-order valence-corrected chi connectivity index (χ2v) is 4.71. The van der Waals surface area contributed by atoms with Crippen LogP contribution in [0.15, 0.2) is 18.2 Å². The Kier molecular flexibility index (Phi) is 3.99. The fourth-order valence-electron chi connectivity index (χ4n) is 2.18. The van der Waals surface area contributed by atoms with Crippen molar-refractivity contribution in [1.82, 2.24) is 9.80 Å². The fourth-order valence-corrected chi connectivity index (χ4v) is 2.18. The molecule has 17 heavy (non-hydrogen) atoms. The fraction of sp³-hybridized carbons (Fsp3) is 0.538. The van der Waals surface area contributed by atoms with Crippen LogP contribution in [-0.2, 0) is 13.1 Å². The van der Waals surface area contributed by atoms with Crippen molar-refractivity contribution in [3.63, 3.8) is 0 Å². The Morgan fingerprint density at radius 1 is 1.18 bits per heavy atom. The molecule has 0 aliphatic carbocycles. The Bertz CT molecular complexity index is 373. The molecule has 1 heterocycles. The van der Waals surface area contributed by atoms with E-state index in [1.54, 1.807) is 0 Å². The summed E-state index contributed by atoms with van der Waals surface area (Å²) in [5.74, 6) is 0.369. The summed E-state index contributed by atoms with van der Waals surface area (Å²) in [6.45, 7) is 5.51. The smallest absolute Gasteiger partial charge is 0.124 e. The summed E-state index contributed by atoms with van der Waals surface area (Å²) < 4.78 is 0. The van der Waals surface area contributed by atoms with E-state index in [1.807, 2.05) is 18.2 Å². The molecule has 94 valence electrons. The third-order valence-electron chi connectivity index (χ3n) is 3.41. The number of para-hydroxylation sites is 1. The topological polar surface area (TPSA) is 52.7 Å². The normalized spacial score (nSPS) is 18.5. The molecule has 0 atom stereocenters. The lowest BCUT2D eigenvalue weighted by molar-refractivity contribution is 0.147. The van der Waals surface area contributed by atoms with E-state index in [0.29, 0.717) is 12.3 Å². The van der Waals surface area contributed by atoms with E-state index in [1.165, 1.54) is 0 Å². The third-order valence-corrected chi connectivity index (χ3v) is 3.41. The first-order chi connectivity index (χ1) is 8.20. The van der Waals surface area contributed by atoms with Crippen molar-refractivity contribution in [2.75, 3.05) is 33.2 Å². The van der Waals surface area contributed by atoms with Crippen molar-refractivity contribution in [3.05, 3.63) is 29.3 Å². The zero-order chi connectivity index (χ0) is 12.3. The number of aromatic hydroxyl groups is 1. The average Bonchev–Trinajstić information content (AvgIpc) is 2.35. The molecule has 0 amide bonds. The number of nitrogens with zero attached hydrogens (tertiary/aromatic N) is 2. The molecular formula is C13H21N3O. The summed E-state index contributed by atoms with van der Waals surface area (Å²) in [5, 5.41) is 10.1. The van der Waals surface area contributed by atoms with Gasteiger partial charge < -0.3 is 15.7 Å². The van der Waals surface area contributed by atoms with E-state index >= 15 is 0 Å². The highest BCUT2D eigenvalue weighted by Crippen LogP contribution is 2.23. The van der Waals surface area contributed by atoms with Gasteiger partial charge in [-0.25, -0.2) is 0 Å². The van der Waals surface area contributed by atoms with Gasteiger partial charge in [0.1, 0.15) is 5.75 Å². The van der Waals surface area contributed by atoms with E-state index in [-0.39, 0.29) is 0 Å². The largest absolute Gasteiger partial charge is 0.507 e. The standard InChI is InChI=1S/C13H21N3O/c1-15-5-7-16(8-6-15)10-12-4-2-3-11(9-14)13(12)17/h2-4,17H,5-10,14H2,1H3. The molecule has 0 bridgehead atoms. The van der Waals surface area contributed by atoms with Crippen molar-refractivity contribution in [2.24, 2.45) is 5.73 Å². The molecule has 3 N–H and O–H groups in total. The van der Waals surface area contributed by atoms with Gasteiger partial charge in [-0.05, 0) is 7.05 Å². The molecule has 1 fully saturated rings. The Labute approximate surface area is 103 Å². The van der Waals surface area contributed by atoms with Crippen LogP contribution < -0.4 is 5.73 Å². The molecular weight excluding hydrogens is 214 g/mol. The molecule has 4 nitrogen and oxygen atoms in total. The lowest BCUT2D eigenvalue weighted by Crippen LogP contribution is -2.43. The minimum Gasteiger partial charge on any atom is -0.507 e. The molecule has 0 unspecified atom stereocenters. The van der Waals surface area contributed by atoms with Gasteiger partial charge in [0.2, 0.25) is 0 Å². The van der Waals surface area contributed by atoms with Gasteiger partial charge in [0.25, 0.3) is 0 Å². The van der Waals surface area contributed by atoms with Gasteiger partial charge in [-0.15, -0.1) is 0 Å². The second kappa shape index (κ2) is 5.49. The highest BCUT2D eigenvalue weighted by molar-refractivity contribution is 5.40. The first-order valence-electron chi connectivity index (χ1n) is 6.11. The average molecular weight is 235 g/mol. The zero-order valence-corrected chi connectivity index (χ0v) is 10.4. The number of rotatable bonds is 3. The van der Waals surface area contributed by atoms with E-state index in [0.717, 1.165) is 43.9 Å². The van der Waals surface area contributed by atoms with Crippen LogP contribution in [0.4, 0.5) is 0 Å². The molecule has 1 saturated heterocycles. The number of likely N-dealkylation sites (N-methyl/N-ethyl adjacent to an activating group) is 1. The summed E-state index contributed by atoms with van der Waals surface area (Å²) in [4.78, 5) is 4.70. The molecule has 0 radical (unpaired) electrons. The minimum atomic E-state index is 0.369. The van der Waals surface area contributed by atoms with E-state index in [9.17, 15) is 5.11 Å². The summed E-state index contributed by atoms with van der Waals surface area (Å²) in [6.07, 6.45) is 0. The predicted molar refractivity (Wildman–Crippen MR) is 68.8 cm³/mol. The van der Waals surface area contributed by atoms with Crippen molar-refractivity contribution in [2.45, 2.75) is 13.1 Å². The molecule has 0 aromatic heterocycles. The maximum absolute atomic E-state index is 10.1. The molecule has 4 heteroatoms. The third kappa shape index (κ3) is 2.97. The monoisotopic (exact) mass is 235 g/mol. The van der Waals surface area contributed by atoms with E-state index in [2.05, 4.69) is 16.8 Å². The van der Waals surface area contributed by atoms with Gasteiger partial charge in [0.15, 0.2) is 0 Å². The van der Waals surface area contributed by atoms with E-state index in [4.69, 9.17) is 5.73 Å². The van der Waals surface area contributed by atoms with Crippen molar-refractivity contribution in [1.29, 1.82) is 0 Å². The molecule has 1 aliphatic rings. The van der Waals surface area contributed by atoms with E-state index < -0.39 is 0 Å². The highest BCUT2D eigenvalue weighted by atomic mass is 16.3. The number of piperazine rings is 1. The number of nitrogens with two attached hydrogens (primary N) is 1. The zero-order valence-electron chi connectivity index (χ0n) is 10.4. The second-order valence-electron chi connectivity index (χ2n) is 4.71. The lowest BCUT2D eigenvalue weighted by atomic mass is 10.1. The Balaban J connectivity index is 2.03. The Morgan fingerprint density at radius 3 is 2.47 bits per heavy atom. The number of hydrogen-bond donors (Lipinski definition) is 2. The molecule has 1 aliphatic heterocycles. The van der Waals surface area contributed by atoms with Crippen LogP contribution in [0.3, 0.4) is 0 Å². The predicted octanol–water partition coefficient (Wildman–Crippen LogP) is 0.598. The van der Waals surface area contributed by atoms with Gasteiger partial charge in [0, 0.05) is 50.4 Å². The minimum absolute atomic E-state index is 0.369. The van der Waals surface area contributed by atoms with Crippen LogP contribution in [0.1, 0.15) is 11.1 Å². The first-order valence-corrected chi connectivity index (χ1v) is 6.11. The van der Waals surface area contributed by atoms with Crippen LogP contribution in [0.5, 0.6) is 5.75 Å². The number of benzene rings is 1. The summed E-state index contributed by atoms with van der Waals surface area (Å²) in [7, 11) is 2.14. The molecule has 0 spiro atoms. The van der Waals surface area contributed by atoms with Gasteiger partial charge >= 0.3 is 0 Å². The van der Waals surface area contributed by atoms with Crippen LogP contribution in [0.25, 0.3) is 0 Å². The summed E-state index contributed by atoms with van der Waals surface area (Å²) in [5.41, 5.74) is 7.40. The first kappa shape index (κ1) is 12.4. The maximum atomic E-state index is 10.1. The molecule has 2 rings (SSSR count). The number of phenols is 1. The summed E-state index contributed by atoms with van der Waals surface area (Å²) in [6, 6.07) is 5.82. The number of hydrogen-bond acceptors (Lipinski definition) is 4. The quantitative estimate of drug-likeness (QED) is 0.805. The number of phenolic OH excluding ortho intramolecular Hbond substituents is 1. The van der Waals surface area contributed by atoms with Crippen molar-refractivity contribution < 1.29 is 5.11 Å². The Morgan fingerprint density at radius 2 is 1.82 bits per heavy atom. The van der Waals surface area contributed by atoms with Crippen LogP contribution in [-0.4, -0.2) is 48.1 Å². The van der Waals surface area contributed by atoms with Crippen molar-refractivity contribution >= 4 is 0 Å². The lowest BCUT2D eigenvalue weighted by Gasteiger charge is -2.32. The van der Waals surface area contributed by atoms with Gasteiger partial charge in [-0.2, -0.15) is 0 Å². The van der Waals surface area contributed by atoms with Crippen LogP contribution in [0, 0.1) is 0 Å². The highest BCUT2D eigenvalue weighted by Gasteiger charge is 2.15. The Hall–Kier alpha value is -1.10. The van der Waals surface area contributed by atoms with Crippen LogP contribution >= 0.6 is 0 Å². The maximum Gasteiger partial charge on any atom is 0.124 e. The SMILES string of the molecule is CN1CCN(Cc2cccc(CN)c2O)CC1. The van der Waals surface area contributed by atoms with Crippen LogP contribution in [0.2, 0.25) is 0 Å². The molecule has 1 aromatic carbocycles. The molecule has 1 aromatic rings. The van der Waals surface area contributed by atoms with Gasteiger partial charge in [-0.1, -0.05) is 18.2 Å². The van der Waals surface area contributed by atoms with Gasteiger partial charge in [0.05, 0.1) is 0 Å². The molecule has 0 saturated carbocycles. The van der Waals surface area contributed by atoms with Gasteiger partial charge in [-0.3, -0.25) is 4.90 Å².